The molecule has 4 rings (SSSR count). The molecule has 0 heterocycles. The Morgan fingerprint density at radius 3 is 2.39 bits per heavy atom. The van der Waals surface area contributed by atoms with Gasteiger partial charge in [0.1, 0.15) is 5.83 Å². The van der Waals surface area contributed by atoms with Crippen LogP contribution in [0.4, 0.5) is 13.2 Å². The first-order chi connectivity index (χ1) is 15.9. The second-order valence-electron chi connectivity index (χ2n) is 8.35. The van der Waals surface area contributed by atoms with E-state index in [4.69, 9.17) is 4.74 Å². The van der Waals surface area contributed by atoms with Crippen molar-refractivity contribution in [3.8, 4) is 11.1 Å². The predicted octanol–water partition coefficient (Wildman–Crippen LogP) is 7.42. The second kappa shape index (κ2) is 9.65. The highest BCUT2D eigenvalue weighted by molar-refractivity contribution is 5.92. The van der Waals surface area contributed by atoms with Crippen LogP contribution < -0.4 is 0 Å². The van der Waals surface area contributed by atoms with Gasteiger partial charge in [0, 0.05) is 17.9 Å². The molecule has 33 heavy (non-hydrogen) atoms. The molecule has 0 amide bonds. The first-order valence-electron chi connectivity index (χ1n) is 11.1. The van der Waals surface area contributed by atoms with Crippen LogP contribution in [-0.2, 0) is 9.53 Å². The van der Waals surface area contributed by atoms with Crippen molar-refractivity contribution < 1.29 is 22.7 Å². The number of ether oxygens (including phenoxy) is 1. The summed E-state index contributed by atoms with van der Waals surface area (Å²) in [6.45, 7) is 3.86. The topological polar surface area (TPSA) is 26.3 Å². The quantitative estimate of drug-likeness (QED) is 0.443. The lowest BCUT2D eigenvalue weighted by Gasteiger charge is -2.21. The van der Waals surface area contributed by atoms with Crippen molar-refractivity contribution in [3.63, 3.8) is 0 Å². The Morgan fingerprint density at radius 2 is 1.76 bits per heavy atom. The minimum absolute atomic E-state index is 0.207. The van der Waals surface area contributed by atoms with Crippen molar-refractivity contribution >= 4 is 5.97 Å². The minimum Gasteiger partial charge on any atom is -0.451 e. The summed E-state index contributed by atoms with van der Waals surface area (Å²) in [4.78, 5) is 12.5. The Morgan fingerprint density at radius 1 is 1.00 bits per heavy atom. The van der Waals surface area contributed by atoms with E-state index in [2.05, 4.69) is 0 Å². The molecule has 2 aliphatic rings. The average molecular weight is 451 g/mol. The number of halogens is 3. The Labute approximate surface area is 191 Å². The first-order valence-corrected chi connectivity index (χ1v) is 11.1. The Balaban J connectivity index is 1.45. The SMILES string of the molecule is CCC1=CCC(OC(=O)C2=CCC(c3ccc(-c4ccc(C)cc4)c(F)c3F)C=C2)C(F)=C1. The number of rotatable bonds is 5. The van der Waals surface area contributed by atoms with Crippen LogP contribution >= 0.6 is 0 Å². The van der Waals surface area contributed by atoms with Gasteiger partial charge in [-0.25, -0.2) is 18.0 Å². The van der Waals surface area contributed by atoms with Gasteiger partial charge in [-0.2, -0.15) is 0 Å². The third-order valence-electron chi connectivity index (χ3n) is 6.09. The molecule has 0 saturated carbocycles. The van der Waals surface area contributed by atoms with E-state index in [1.807, 2.05) is 32.1 Å². The molecule has 2 unspecified atom stereocenters. The molecule has 0 N–H and O–H groups in total. The highest BCUT2D eigenvalue weighted by atomic mass is 19.2. The van der Waals surface area contributed by atoms with Gasteiger partial charge in [0.25, 0.3) is 0 Å². The van der Waals surface area contributed by atoms with Crippen molar-refractivity contribution in [2.24, 2.45) is 0 Å². The lowest BCUT2D eigenvalue weighted by atomic mass is 9.88. The zero-order chi connectivity index (χ0) is 23.5. The van der Waals surface area contributed by atoms with Crippen LogP contribution in [-0.4, -0.2) is 12.1 Å². The van der Waals surface area contributed by atoms with Crippen molar-refractivity contribution in [1.29, 1.82) is 0 Å². The normalized spacial score (nSPS) is 20.1. The number of benzene rings is 2. The van der Waals surface area contributed by atoms with Gasteiger partial charge in [-0.15, -0.1) is 0 Å². The fourth-order valence-corrected chi connectivity index (χ4v) is 4.06. The third-order valence-corrected chi connectivity index (χ3v) is 6.09. The van der Waals surface area contributed by atoms with Gasteiger partial charge in [-0.3, -0.25) is 0 Å². The third kappa shape index (κ3) is 4.87. The first kappa shape index (κ1) is 22.8. The molecular weight excluding hydrogens is 425 g/mol. The van der Waals surface area contributed by atoms with Crippen LogP contribution in [0.1, 0.15) is 43.2 Å². The number of aryl methyl sites for hydroxylation is 1. The van der Waals surface area contributed by atoms with Crippen LogP contribution in [0, 0.1) is 18.6 Å². The van der Waals surface area contributed by atoms with Gasteiger partial charge in [-0.05, 0) is 42.5 Å². The number of carbonyl (C=O) groups is 1. The fraction of sp³-hybridized carbons (Fsp3) is 0.250. The minimum atomic E-state index is -0.930. The highest BCUT2D eigenvalue weighted by Gasteiger charge is 2.26. The molecule has 0 bridgehead atoms. The molecule has 0 aromatic heterocycles. The Kier molecular flexibility index (Phi) is 6.68. The van der Waals surface area contributed by atoms with E-state index in [0.717, 1.165) is 11.1 Å². The summed E-state index contributed by atoms with van der Waals surface area (Å²) in [5.41, 5.74) is 3.23. The molecule has 0 radical (unpaired) electrons. The standard InChI is InChI=1S/C28H25F3O2/c1-3-18-6-15-25(24(29)16-18)33-28(32)21-11-9-20(10-12-21)23-14-13-22(26(30)27(23)31)19-7-4-17(2)5-8-19/h4-9,11-14,16,20,25H,3,10,15H2,1-2H3. The monoisotopic (exact) mass is 450 g/mol. The van der Waals surface area contributed by atoms with Crippen molar-refractivity contribution in [2.75, 3.05) is 0 Å². The molecule has 0 aliphatic heterocycles. The van der Waals surface area contributed by atoms with Gasteiger partial charge in [0.15, 0.2) is 17.7 Å². The van der Waals surface area contributed by atoms with Gasteiger partial charge in [0.2, 0.25) is 0 Å². The summed E-state index contributed by atoms with van der Waals surface area (Å²) in [5, 5.41) is 0. The van der Waals surface area contributed by atoms with E-state index >= 15 is 0 Å². The molecule has 0 saturated heterocycles. The summed E-state index contributed by atoms with van der Waals surface area (Å²) < 4.78 is 49.2. The van der Waals surface area contributed by atoms with Crippen molar-refractivity contribution in [1.82, 2.24) is 0 Å². The molecule has 2 aliphatic carbocycles. The number of esters is 1. The smallest absolute Gasteiger partial charge is 0.338 e. The summed E-state index contributed by atoms with van der Waals surface area (Å²) in [5.74, 6) is -3.29. The number of hydrogen-bond donors (Lipinski definition) is 0. The fourth-order valence-electron chi connectivity index (χ4n) is 4.06. The Bertz CT molecular complexity index is 1190. The van der Waals surface area contributed by atoms with Crippen molar-refractivity contribution in [2.45, 2.75) is 45.1 Å². The second-order valence-corrected chi connectivity index (χ2v) is 8.35. The summed E-state index contributed by atoms with van der Waals surface area (Å²) in [7, 11) is 0. The van der Waals surface area contributed by atoms with Crippen LogP contribution in [0.2, 0.25) is 0 Å². The largest absolute Gasteiger partial charge is 0.451 e. The zero-order valence-electron chi connectivity index (χ0n) is 18.6. The average Bonchev–Trinajstić information content (AvgIpc) is 2.83. The molecule has 2 aromatic carbocycles. The van der Waals surface area contributed by atoms with E-state index < -0.39 is 35.5 Å². The summed E-state index contributed by atoms with van der Waals surface area (Å²) >= 11 is 0. The van der Waals surface area contributed by atoms with Crippen LogP contribution in [0.25, 0.3) is 11.1 Å². The maximum atomic E-state index is 14.9. The maximum absolute atomic E-state index is 14.9. The van der Waals surface area contributed by atoms with Crippen LogP contribution in [0.5, 0.6) is 0 Å². The van der Waals surface area contributed by atoms with Crippen LogP contribution in [0.15, 0.2) is 83.8 Å². The van der Waals surface area contributed by atoms with Gasteiger partial charge in [0.05, 0.1) is 5.57 Å². The van der Waals surface area contributed by atoms with E-state index in [9.17, 15) is 18.0 Å². The molecule has 2 aromatic rings. The number of hydrogen-bond acceptors (Lipinski definition) is 2. The number of allylic oxidation sites excluding steroid dienone is 4. The van der Waals surface area contributed by atoms with Gasteiger partial charge in [-0.1, -0.05) is 73.2 Å². The Hall–Kier alpha value is -3.34. The summed E-state index contributed by atoms with van der Waals surface area (Å²) in [6.07, 6.45) is 8.46. The summed E-state index contributed by atoms with van der Waals surface area (Å²) in [6, 6.07) is 10.4. The van der Waals surface area contributed by atoms with Gasteiger partial charge < -0.3 is 4.74 Å². The van der Waals surface area contributed by atoms with E-state index in [-0.39, 0.29) is 16.7 Å². The molecule has 2 nitrogen and oxygen atoms in total. The molecule has 2 atom stereocenters. The molecule has 170 valence electrons. The molecule has 0 spiro atoms. The zero-order valence-corrected chi connectivity index (χ0v) is 18.6. The molecule has 5 heteroatoms. The number of carbonyl (C=O) groups excluding carboxylic acids is 1. The van der Waals surface area contributed by atoms with E-state index in [1.165, 1.54) is 12.2 Å². The maximum Gasteiger partial charge on any atom is 0.338 e. The predicted molar refractivity (Wildman–Crippen MR) is 123 cm³/mol. The lowest BCUT2D eigenvalue weighted by Crippen LogP contribution is -2.21. The molecular formula is C28H25F3O2. The van der Waals surface area contributed by atoms with Crippen LogP contribution in [0.3, 0.4) is 0 Å². The lowest BCUT2D eigenvalue weighted by molar-refractivity contribution is -0.142. The highest BCUT2D eigenvalue weighted by Crippen LogP contribution is 2.34. The van der Waals surface area contributed by atoms with E-state index in [0.29, 0.717) is 24.8 Å². The van der Waals surface area contributed by atoms with E-state index in [1.54, 1.807) is 36.4 Å². The van der Waals surface area contributed by atoms with Gasteiger partial charge >= 0.3 is 5.97 Å². The molecule has 0 fully saturated rings. The van der Waals surface area contributed by atoms with Crippen molar-refractivity contribution in [3.05, 3.63) is 107 Å².